The fraction of sp³-hybridized carbons (Fsp3) is 0.190. The number of fused-ring (bicyclic) bond motifs is 1. The van der Waals surface area contributed by atoms with E-state index in [9.17, 15) is 13.2 Å². The molecular formula is C21H21ClN2O3S. The van der Waals surface area contributed by atoms with E-state index in [1.54, 1.807) is 31.2 Å². The van der Waals surface area contributed by atoms with Gasteiger partial charge in [0.1, 0.15) is 6.04 Å². The van der Waals surface area contributed by atoms with Crippen LogP contribution >= 0.6 is 11.6 Å². The first-order valence-electron chi connectivity index (χ1n) is 8.72. The summed E-state index contributed by atoms with van der Waals surface area (Å²) in [6.45, 7) is 3.38. The molecule has 3 aromatic carbocycles. The summed E-state index contributed by atoms with van der Waals surface area (Å²) >= 11 is 6.17. The van der Waals surface area contributed by atoms with Crippen molar-refractivity contribution in [3.05, 3.63) is 71.2 Å². The third-order valence-corrected chi connectivity index (χ3v) is 6.19. The lowest BCUT2D eigenvalue weighted by atomic mass is 10.1. The van der Waals surface area contributed by atoms with Crippen molar-refractivity contribution in [2.24, 2.45) is 0 Å². The summed E-state index contributed by atoms with van der Waals surface area (Å²) in [4.78, 5) is 12.9. The molecule has 1 atom stereocenters. The Morgan fingerprint density at radius 3 is 2.43 bits per heavy atom. The van der Waals surface area contributed by atoms with Gasteiger partial charge in [-0.3, -0.25) is 9.10 Å². The molecule has 146 valence electrons. The van der Waals surface area contributed by atoms with Gasteiger partial charge in [0.15, 0.2) is 0 Å². The molecular weight excluding hydrogens is 396 g/mol. The minimum absolute atomic E-state index is 0.346. The second-order valence-corrected chi connectivity index (χ2v) is 8.95. The van der Waals surface area contributed by atoms with Crippen LogP contribution in [0.15, 0.2) is 60.7 Å². The average molecular weight is 417 g/mol. The highest BCUT2D eigenvalue weighted by molar-refractivity contribution is 7.92. The predicted octanol–water partition coefficient (Wildman–Crippen LogP) is 4.59. The lowest BCUT2D eigenvalue weighted by molar-refractivity contribution is -0.116. The third kappa shape index (κ3) is 4.13. The van der Waals surface area contributed by atoms with Crippen LogP contribution in [-0.4, -0.2) is 26.6 Å². The Labute approximate surface area is 170 Å². The van der Waals surface area contributed by atoms with Crippen LogP contribution in [0.5, 0.6) is 0 Å². The van der Waals surface area contributed by atoms with Crippen LogP contribution in [0.2, 0.25) is 5.02 Å². The van der Waals surface area contributed by atoms with Gasteiger partial charge >= 0.3 is 0 Å². The molecule has 0 aromatic heterocycles. The van der Waals surface area contributed by atoms with Crippen molar-refractivity contribution in [3.8, 4) is 0 Å². The molecule has 1 amide bonds. The Balaban J connectivity index is 1.95. The van der Waals surface area contributed by atoms with Gasteiger partial charge in [0.25, 0.3) is 0 Å². The van der Waals surface area contributed by atoms with E-state index >= 15 is 0 Å². The molecule has 0 saturated carbocycles. The quantitative estimate of drug-likeness (QED) is 0.661. The Hall–Kier alpha value is -2.57. The molecule has 0 fully saturated rings. The third-order valence-electron chi connectivity index (χ3n) is 4.55. The number of sulfonamides is 1. The minimum atomic E-state index is -3.71. The van der Waals surface area contributed by atoms with E-state index in [0.717, 1.165) is 26.9 Å². The van der Waals surface area contributed by atoms with Gasteiger partial charge in [-0.2, -0.15) is 0 Å². The number of hydrogen-bond acceptors (Lipinski definition) is 3. The lowest BCUT2D eigenvalue weighted by Crippen LogP contribution is -2.45. The second kappa shape index (κ2) is 7.81. The first-order valence-corrected chi connectivity index (χ1v) is 11.0. The molecule has 0 spiro atoms. The second-order valence-electron chi connectivity index (χ2n) is 6.68. The maximum Gasteiger partial charge on any atom is 0.248 e. The van der Waals surface area contributed by atoms with E-state index in [1.165, 1.54) is 0 Å². The number of nitrogens with zero attached hydrogens (tertiary/aromatic N) is 1. The zero-order valence-electron chi connectivity index (χ0n) is 15.8. The summed E-state index contributed by atoms with van der Waals surface area (Å²) in [5.74, 6) is -0.432. The zero-order valence-corrected chi connectivity index (χ0v) is 17.4. The standard InChI is InChI=1S/C21H21ClN2O3S/c1-14-11-12-17(13-19(14)22)24(28(3,26)27)15(2)21(25)23-20-10-6-8-16-7-4-5-9-18(16)20/h4-13,15H,1-3H3,(H,23,25). The largest absolute Gasteiger partial charge is 0.324 e. The first kappa shape index (κ1) is 20.2. The fourth-order valence-electron chi connectivity index (χ4n) is 3.10. The van der Waals surface area contributed by atoms with E-state index < -0.39 is 22.0 Å². The lowest BCUT2D eigenvalue weighted by Gasteiger charge is -2.28. The molecule has 0 aliphatic carbocycles. The van der Waals surface area contributed by atoms with Gasteiger partial charge in [-0.1, -0.05) is 54.1 Å². The summed E-state index contributed by atoms with van der Waals surface area (Å²) in [6.07, 6.45) is 1.07. The highest BCUT2D eigenvalue weighted by Gasteiger charge is 2.29. The normalized spacial score (nSPS) is 12.6. The summed E-state index contributed by atoms with van der Waals surface area (Å²) in [7, 11) is -3.71. The van der Waals surface area contributed by atoms with Crippen LogP contribution in [0.25, 0.3) is 10.8 Å². The molecule has 7 heteroatoms. The van der Waals surface area contributed by atoms with Crippen LogP contribution in [0.3, 0.4) is 0 Å². The number of nitrogens with one attached hydrogen (secondary N) is 1. The summed E-state index contributed by atoms with van der Waals surface area (Å²) in [6, 6.07) is 17.2. The van der Waals surface area contributed by atoms with Crippen molar-refractivity contribution < 1.29 is 13.2 Å². The molecule has 5 nitrogen and oxygen atoms in total. The van der Waals surface area contributed by atoms with Crippen molar-refractivity contribution in [1.29, 1.82) is 0 Å². The number of benzene rings is 3. The van der Waals surface area contributed by atoms with Gasteiger partial charge in [-0.05, 0) is 43.0 Å². The van der Waals surface area contributed by atoms with Crippen molar-refractivity contribution in [3.63, 3.8) is 0 Å². The summed E-state index contributed by atoms with van der Waals surface area (Å²) in [5, 5.41) is 5.16. The minimum Gasteiger partial charge on any atom is -0.324 e. The molecule has 0 aliphatic heterocycles. The van der Waals surface area contributed by atoms with Gasteiger partial charge < -0.3 is 5.32 Å². The van der Waals surface area contributed by atoms with Crippen molar-refractivity contribution in [1.82, 2.24) is 0 Å². The molecule has 28 heavy (non-hydrogen) atoms. The number of anilines is 2. The van der Waals surface area contributed by atoms with E-state index in [-0.39, 0.29) is 0 Å². The fourth-order valence-corrected chi connectivity index (χ4v) is 4.44. The maximum absolute atomic E-state index is 12.9. The van der Waals surface area contributed by atoms with Crippen LogP contribution in [0, 0.1) is 6.92 Å². The van der Waals surface area contributed by atoms with E-state index in [2.05, 4.69) is 5.32 Å². The van der Waals surface area contributed by atoms with Crippen LogP contribution < -0.4 is 9.62 Å². The van der Waals surface area contributed by atoms with E-state index in [4.69, 9.17) is 11.6 Å². The monoisotopic (exact) mass is 416 g/mol. The number of halogens is 1. The van der Waals surface area contributed by atoms with Crippen molar-refractivity contribution in [2.45, 2.75) is 19.9 Å². The van der Waals surface area contributed by atoms with E-state index in [0.29, 0.717) is 16.4 Å². The number of amides is 1. The number of aryl methyl sites for hydroxylation is 1. The smallest absolute Gasteiger partial charge is 0.248 e. The SMILES string of the molecule is Cc1ccc(N(C(C)C(=O)Nc2cccc3ccccc23)S(C)(=O)=O)cc1Cl. The Morgan fingerprint density at radius 1 is 1.07 bits per heavy atom. The number of rotatable bonds is 5. The van der Waals surface area contributed by atoms with Gasteiger partial charge in [-0.25, -0.2) is 8.42 Å². The Morgan fingerprint density at radius 2 is 1.75 bits per heavy atom. The molecule has 0 radical (unpaired) electrons. The Bertz CT molecular complexity index is 1140. The molecule has 0 heterocycles. The summed E-state index contributed by atoms with van der Waals surface area (Å²) < 4.78 is 26.0. The van der Waals surface area contributed by atoms with Crippen molar-refractivity contribution in [2.75, 3.05) is 15.9 Å². The van der Waals surface area contributed by atoms with Gasteiger partial charge in [0.2, 0.25) is 15.9 Å². The van der Waals surface area contributed by atoms with Gasteiger partial charge in [0.05, 0.1) is 11.9 Å². The average Bonchev–Trinajstić information content (AvgIpc) is 2.64. The summed E-state index contributed by atoms with van der Waals surface area (Å²) in [5.41, 5.74) is 1.80. The van der Waals surface area contributed by atoms with Crippen molar-refractivity contribution >= 4 is 49.7 Å². The number of hydrogen-bond donors (Lipinski definition) is 1. The predicted molar refractivity (Wildman–Crippen MR) is 116 cm³/mol. The van der Waals surface area contributed by atoms with E-state index in [1.807, 2.05) is 43.3 Å². The number of carbonyl (C=O) groups is 1. The van der Waals surface area contributed by atoms with Gasteiger partial charge in [0, 0.05) is 16.1 Å². The highest BCUT2D eigenvalue weighted by atomic mass is 35.5. The van der Waals surface area contributed by atoms with Crippen LogP contribution in [0.4, 0.5) is 11.4 Å². The highest BCUT2D eigenvalue weighted by Crippen LogP contribution is 2.28. The zero-order chi connectivity index (χ0) is 20.5. The van der Waals surface area contributed by atoms with Gasteiger partial charge in [-0.15, -0.1) is 0 Å². The molecule has 3 aromatic rings. The van der Waals surface area contributed by atoms with Crippen LogP contribution in [0.1, 0.15) is 12.5 Å². The van der Waals surface area contributed by atoms with Crippen LogP contribution in [-0.2, 0) is 14.8 Å². The molecule has 3 rings (SSSR count). The molecule has 0 aliphatic rings. The number of carbonyl (C=O) groups excluding carboxylic acids is 1. The Kier molecular flexibility index (Phi) is 5.63. The molecule has 1 unspecified atom stereocenters. The molecule has 0 saturated heterocycles. The topological polar surface area (TPSA) is 66.5 Å². The first-order chi connectivity index (χ1) is 13.2. The maximum atomic E-state index is 12.9. The molecule has 0 bridgehead atoms. The molecule has 1 N–H and O–H groups in total.